The number of hydrogen-bond acceptors (Lipinski definition) is 2. The van der Waals surface area contributed by atoms with Crippen LogP contribution in [0.15, 0.2) is 54.6 Å². The Hall–Kier alpha value is -2.13. The lowest BCUT2D eigenvalue weighted by molar-refractivity contribution is 0.647. The van der Waals surface area contributed by atoms with Gasteiger partial charge in [0.15, 0.2) is 0 Å². The summed E-state index contributed by atoms with van der Waals surface area (Å²) in [6.07, 6.45) is 1.23. The summed E-state index contributed by atoms with van der Waals surface area (Å²) >= 11 is 0. The predicted molar refractivity (Wildman–Crippen MR) is 85.1 cm³/mol. The third-order valence-corrected chi connectivity index (χ3v) is 4.38. The van der Waals surface area contributed by atoms with Crippen LogP contribution in [-0.2, 0) is 13.6 Å². The highest BCUT2D eigenvalue weighted by atomic mass is 15.3. The highest BCUT2D eigenvalue weighted by Crippen LogP contribution is 2.40. The lowest BCUT2D eigenvalue weighted by Gasteiger charge is -2.03. The topological polar surface area (TPSA) is 29.9 Å². The zero-order chi connectivity index (χ0) is 14.2. The second kappa shape index (κ2) is 5.01. The summed E-state index contributed by atoms with van der Waals surface area (Å²) in [5.41, 5.74) is 3.79. The van der Waals surface area contributed by atoms with E-state index in [1.165, 1.54) is 22.9 Å². The van der Waals surface area contributed by atoms with Crippen molar-refractivity contribution in [2.24, 2.45) is 7.05 Å². The molecule has 3 aromatic rings. The fraction of sp³-hybridized carbons (Fsp3) is 0.278. The average molecular weight is 277 g/mol. The summed E-state index contributed by atoms with van der Waals surface area (Å²) in [5, 5.41) is 9.55. The van der Waals surface area contributed by atoms with E-state index in [-0.39, 0.29) is 0 Å². The van der Waals surface area contributed by atoms with E-state index in [9.17, 15) is 0 Å². The molecule has 0 radical (unpaired) electrons. The number of aryl methyl sites for hydroxylation is 1. The van der Waals surface area contributed by atoms with Gasteiger partial charge < -0.3 is 5.32 Å². The maximum atomic E-state index is 4.64. The maximum Gasteiger partial charge on any atom is 0.0841 e. The highest BCUT2D eigenvalue weighted by molar-refractivity contribution is 5.81. The van der Waals surface area contributed by atoms with Gasteiger partial charge in [-0.2, -0.15) is 5.10 Å². The van der Waals surface area contributed by atoms with Gasteiger partial charge in [-0.3, -0.25) is 4.68 Å². The SMILES string of the molecule is Cn1nc(CNC2CC2c2ccccc2)c2ccccc21. The highest BCUT2D eigenvalue weighted by Gasteiger charge is 2.37. The summed E-state index contributed by atoms with van der Waals surface area (Å²) in [4.78, 5) is 0. The summed E-state index contributed by atoms with van der Waals surface area (Å²) in [6, 6.07) is 19.8. The molecule has 0 saturated heterocycles. The molecule has 0 amide bonds. The average Bonchev–Trinajstić information content (AvgIpc) is 3.25. The van der Waals surface area contributed by atoms with Crippen LogP contribution in [0, 0.1) is 0 Å². The first-order chi connectivity index (χ1) is 10.3. The van der Waals surface area contributed by atoms with Crippen LogP contribution in [0.1, 0.15) is 23.6 Å². The molecular weight excluding hydrogens is 258 g/mol. The Morgan fingerprint density at radius 1 is 1.10 bits per heavy atom. The molecule has 0 spiro atoms. The second-order valence-electron chi connectivity index (χ2n) is 5.83. The Morgan fingerprint density at radius 2 is 1.86 bits per heavy atom. The molecular formula is C18H19N3. The quantitative estimate of drug-likeness (QED) is 0.793. The van der Waals surface area contributed by atoms with Crippen molar-refractivity contribution < 1.29 is 0 Å². The van der Waals surface area contributed by atoms with Gasteiger partial charge in [-0.15, -0.1) is 0 Å². The zero-order valence-corrected chi connectivity index (χ0v) is 12.2. The molecule has 1 N–H and O–H groups in total. The minimum absolute atomic E-state index is 0.591. The molecule has 106 valence electrons. The van der Waals surface area contributed by atoms with Crippen LogP contribution < -0.4 is 5.32 Å². The fourth-order valence-corrected chi connectivity index (χ4v) is 3.14. The van der Waals surface area contributed by atoms with Crippen LogP contribution in [0.5, 0.6) is 0 Å². The smallest absolute Gasteiger partial charge is 0.0841 e. The predicted octanol–water partition coefficient (Wildman–Crippen LogP) is 3.22. The molecule has 1 heterocycles. The van der Waals surface area contributed by atoms with Gasteiger partial charge in [-0.25, -0.2) is 0 Å². The van der Waals surface area contributed by atoms with E-state index >= 15 is 0 Å². The molecule has 3 heteroatoms. The number of fused-ring (bicyclic) bond motifs is 1. The van der Waals surface area contributed by atoms with E-state index in [4.69, 9.17) is 0 Å². The van der Waals surface area contributed by atoms with Crippen molar-refractivity contribution in [3.05, 3.63) is 65.9 Å². The van der Waals surface area contributed by atoms with Gasteiger partial charge in [-0.1, -0.05) is 48.5 Å². The summed E-state index contributed by atoms with van der Waals surface area (Å²) in [6.45, 7) is 0.843. The number of rotatable bonds is 4. The number of nitrogens with one attached hydrogen (secondary N) is 1. The number of benzene rings is 2. The molecule has 2 unspecified atom stereocenters. The zero-order valence-electron chi connectivity index (χ0n) is 12.2. The van der Waals surface area contributed by atoms with E-state index in [2.05, 4.69) is 65.0 Å². The van der Waals surface area contributed by atoms with E-state index in [0.29, 0.717) is 12.0 Å². The van der Waals surface area contributed by atoms with Gasteiger partial charge in [0, 0.05) is 30.9 Å². The van der Waals surface area contributed by atoms with Gasteiger partial charge in [0.1, 0.15) is 0 Å². The van der Waals surface area contributed by atoms with Gasteiger partial charge in [-0.05, 0) is 18.1 Å². The van der Waals surface area contributed by atoms with E-state index in [0.717, 1.165) is 12.2 Å². The lowest BCUT2D eigenvalue weighted by Crippen LogP contribution is -2.17. The normalized spacial score (nSPS) is 20.8. The van der Waals surface area contributed by atoms with Crippen molar-refractivity contribution in [3.63, 3.8) is 0 Å². The minimum atomic E-state index is 0.591. The van der Waals surface area contributed by atoms with Crippen molar-refractivity contribution in [1.82, 2.24) is 15.1 Å². The first kappa shape index (κ1) is 12.6. The summed E-state index contributed by atoms with van der Waals surface area (Å²) in [5.74, 6) is 0.668. The van der Waals surface area contributed by atoms with Crippen LogP contribution in [0.25, 0.3) is 10.9 Å². The summed E-state index contributed by atoms with van der Waals surface area (Å²) in [7, 11) is 2.01. The number of hydrogen-bond donors (Lipinski definition) is 1. The molecule has 1 aromatic heterocycles. The van der Waals surface area contributed by atoms with Gasteiger partial charge in [0.25, 0.3) is 0 Å². The monoisotopic (exact) mass is 277 g/mol. The van der Waals surface area contributed by atoms with Crippen LogP contribution >= 0.6 is 0 Å². The van der Waals surface area contributed by atoms with Crippen LogP contribution in [0.3, 0.4) is 0 Å². The van der Waals surface area contributed by atoms with E-state index < -0.39 is 0 Å². The molecule has 2 aromatic carbocycles. The van der Waals surface area contributed by atoms with Gasteiger partial charge in [0.05, 0.1) is 11.2 Å². The van der Waals surface area contributed by atoms with Crippen LogP contribution in [-0.4, -0.2) is 15.8 Å². The lowest BCUT2D eigenvalue weighted by atomic mass is 10.1. The molecule has 0 aliphatic heterocycles. The second-order valence-corrected chi connectivity index (χ2v) is 5.83. The Morgan fingerprint density at radius 3 is 2.71 bits per heavy atom. The van der Waals surface area contributed by atoms with E-state index in [1.807, 2.05) is 11.7 Å². The van der Waals surface area contributed by atoms with Gasteiger partial charge >= 0.3 is 0 Å². The van der Waals surface area contributed by atoms with Crippen molar-refractivity contribution in [1.29, 1.82) is 0 Å². The van der Waals surface area contributed by atoms with Gasteiger partial charge in [0.2, 0.25) is 0 Å². The number of nitrogens with zero attached hydrogens (tertiary/aromatic N) is 2. The molecule has 3 nitrogen and oxygen atoms in total. The van der Waals surface area contributed by atoms with Crippen LogP contribution in [0.4, 0.5) is 0 Å². The Balaban J connectivity index is 1.46. The molecule has 1 fully saturated rings. The largest absolute Gasteiger partial charge is 0.308 e. The standard InChI is InChI=1S/C18H19N3/c1-21-18-10-6-5-9-14(18)17(20-21)12-19-16-11-15(16)13-7-3-2-4-8-13/h2-10,15-16,19H,11-12H2,1H3. The third-order valence-electron chi connectivity index (χ3n) is 4.38. The number of aromatic nitrogens is 2. The number of para-hydroxylation sites is 1. The molecule has 21 heavy (non-hydrogen) atoms. The third kappa shape index (κ3) is 2.34. The first-order valence-electron chi connectivity index (χ1n) is 7.52. The Bertz CT molecular complexity index is 760. The maximum absolute atomic E-state index is 4.64. The molecule has 1 aliphatic rings. The Kier molecular flexibility index (Phi) is 3.00. The summed E-state index contributed by atoms with van der Waals surface area (Å²) < 4.78 is 1.97. The van der Waals surface area contributed by atoms with Crippen molar-refractivity contribution in [2.75, 3.05) is 0 Å². The Labute approximate surface area is 124 Å². The molecule has 1 saturated carbocycles. The van der Waals surface area contributed by atoms with Crippen molar-refractivity contribution in [2.45, 2.75) is 24.9 Å². The molecule has 1 aliphatic carbocycles. The molecule has 2 atom stereocenters. The first-order valence-corrected chi connectivity index (χ1v) is 7.52. The van der Waals surface area contributed by atoms with E-state index in [1.54, 1.807) is 0 Å². The minimum Gasteiger partial charge on any atom is -0.308 e. The van der Waals surface area contributed by atoms with Crippen molar-refractivity contribution >= 4 is 10.9 Å². The molecule has 0 bridgehead atoms. The van der Waals surface area contributed by atoms with Crippen LogP contribution in [0.2, 0.25) is 0 Å². The fourth-order valence-electron chi connectivity index (χ4n) is 3.14. The molecule has 4 rings (SSSR count). The van der Waals surface area contributed by atoms with Crippen molar-refractivity contribution in [3.8, 4) is 0 Å².